The van der Waals surface area contributed by atoms with Crippen LogP contribution >= 0.6 is 11.6 Å². The molecule has 5 rings (SSSR count). The highest BCUT2D eigenvalue weighted by Crippen LogP contribution is 2.53. The predicted molar refractivity (Wildman–Crippen MR) is 119 cm³/mol. The Kier molecular flexibility index (Phi) is 4.91. The summed E-state index contributed by atoms with van der Waals surface area (Å²) in [6.45, 7) is 6.49. The molecular weight excluding hydrogens is 398 g/mol. The molecule has 0 aromatic heterocycles. The molecule has 1 fully saturated rings. The summed E-state index contributed by atoms with van der Waals surface area (Å²) in [5.74, 6) is 1.67. The molecule has 0 amide bonds. The molecule has 5 nitrogen and oxygen atoms in total. The van der Waals surface area contributed by atoms with E-state index in [1.54, 1.807) is 7.11 Å². The number of hydrogen-bond acceptors (Lipinski definition) is 5. The molecule has 30 heavy (non-hydrogen) atoms. The third-order valence-electron chi connectivity index (χ3n) is 6.70. The molecule has 2 aromatic carbocycles. The van der Waals surface area contributed by atoms with Gasteiger partial charge in [0.05, 0.1) is 18.9 Å². The third-order valence-corrected chi connectivity index (χ3v) is 7.03. The van der Waals surface area contributed by atoms with Gasteiger partial charge in [-0.25, -0.2) is 5.01 Å². The van der Waals surface area contributed by atoms with Crippen molar-refractivity contribution in [2.45, 2.75) is 50.9 Å². The lowest BCUT2D eigenvalue weighted by molar-refractivity contribution is -0.153. The molecule has 1 spiro atoms. The first-order valence-electron chi connectivity index (χ1n) is 10.7. The van der Waals surface area contributed by atoms with Crippen molar-refractivity contribution < 1.29 is 9.47 Å². The zero-order valence-electron chi connectivity index (χ0n) is 17.8. The summed E-state index contributed by atoms with van der Waals surface area (Å²) >= 11 is 6.52. The number of para-hydroxylation sites is 1. The Morgan fingerprint density at radius 3 is 2.60 bits per heavy atom. The van der Waals surface area contributed by atoms with Crippen LogP contribution in [0.1, 0.15) is 50.3 Å². The number of nitrogens with zero attached hydrogens (tertiary/aromatic N) is 3. The number of benzene rings is 2. The second-order valence-electron chi connectivity index (χ2n) is 8.65. The van der Waals surface area contributed by atoms with E-state index in [9.17, 15) is 0 Å². The van der Waals surface area contributed by atoms with Gasteiger partial charge in [-0.1, -0.05) is 41.9 Å². The summed E-state index contributed by atoms with van der Waals surface area (Å²) < 4.78 is 12.4. The van der Waals surface area contributed by atoms with E-state index in [4.69, 9.17) is 26.2 Å². The van der Waals surface area contributed by atoms with Crippen LogP contribution in [0, 0.1) is 0 Å². The molecule has 3 heterocycles. The third kappa shape index (κ3) is 3.07. The topological polar surface area (TPSA) is 37.3 Å². The molecule has 0 saturated carbocycles. The summed E-state index contributed by atoms with van der Waals surface area (Å²) in [4.78, 5) is 2.51. The summed E-state index contributed by atoms with van der Waals surface area (Å²) in [6, 6.07) is 14.8. The quantitative estimate of drug-likeness (QED) is 0.686. The monoisotopic (exact) mass is 425 g/mol. The lowest BCUT2D eigenvalue weighted by Gasteiger charge is -2.51. The van der Waals surface area contributed by atoms with E-state index in [0.29, 0.717) is 6.04 Å². The molecule has 1 saturated heterocycles. The van der Waals surface area contributed by atoms with Crippen molar-refractivity contribution in [2.24, 2.45) is 5.10 Å². The Labute approximate surface area is 183 Å². The van der Waals surface area contributed by atoms with Crippen molar-refractivity contribution in [3.63, 3.8) is 0 Å². The van der Waals surface area contributed by atoms with E-state index >= 15 is 0 Å². The van der Waals surface area contributed by atoms with Gasteiger partial charge >= 0.3 is 0 Å². The van der Waals surface area contributed by atoms with Crippen molar-refractivity contribution in [3.05, 3.63) is 58.6 Å². The predicted octanol–water partition coefficient (Wildman–Crippen LogP) is 5.09. The fraction of sp³-hybridized carbons (Fsp3) is 0.458. The Bertz CT molecular complexity index is 982. The minimum atomic E-state index is -0.458. The van der Waals surface area contributed by atoms with Gasteiger partial charge in [-0.15, -0.1) is 0 Å². The van der Waals surface area contributed by atoms with Crippen LogP contribution < -0.4 is 9.47 Å². The standard InChI is InChI=1S/C24H28ClN3O2/c1-16(2)27-13-11-24(12-14-27)28-21(18-8-6-10-22(29-3)23(18)30-24)15-20(26-28)17-7-4-5-9-19(17)25/h4-10,16,21H,11-15H2,1-3H3/t21-/m0/s1. The van der Waals surface area contributed by atoms with Crippen LogP contribution in [0.25, 0.3) is 0 Å². The molecule has 0 N–H and O–H groups in total. The van der Waals surface area contributed by atoms with Crippen molar-refractivity contribution in [3.8, 4) is 11.5 Å². The van der Waals surface area contributed by atoms with Gasteiger partial charge < -0.3 is 14.4 Å². The average molecular weight is 426 g/mol. The fourth-order valence-electron chi connectivity index (χ4n) is 5.01. The highest BCUT2D eigenvalue weighted by molar-refractivity contribution is 6.34. The molecule has 0 aliphatic carbocycles. The number of hydrogen-bond donors (Lipinski definition) is 0. The SMILES string of the molecule is COc1cccc2c1OC1(CCN(C(C)C)CC1)N1N=C(c3ccccc3Cl)C[C@@H]21. The number of halogens is 1. The highest BCUT2D eigenvalue weighted by atomic mass is 35.5. The number of likely N-dealkylation sites (tertiary alicyclic amines) is 1. The van der Waals surface area contributed by atoms with Gasteiger partial charge in [-0.2, -0.15) is 5.10 Å². The van der Waals surface area contributed by atoms with Gasteiger partial charge in [0.1, 0.15) is 0 Å². The lowest BCUT2D eigenvalue weighted by atomic mass is 9.90. The molecule has 6 heteroatoms. The molecule has 3 aliphatic rings. The second kappa shape index (κ2) is 7.47. The fourth-order valence-corrected chi connectivity index (χ4v) is 5.25. The molecule has 158 valence electrons. The molecule has 0 radical (unpaired) electrons. The van der Waals surface area contributed by atoms with Crippen LogP contribution in [0.4, 0.5) is 0 Å². The Morgan fingerprint density at radius 1 is 1.13 bits per heavy atom. The van der Waals surface area contributed by atoms with Gasteiger partial charge in [0.2, 0.25) is 5.72 Å². The number of fused-ring (bicyclic) bond motifs is 4. The first-order chi connectivity index (χ1) is 14.5. The zero-order chi connectivity index (χ0) is 20.9. The number of hydrazone groups is 1. The normalized spacial score (nSPS) is 22.5. The van der Waals surface area contributed by atoms with Crippen molar-refractivity contribution in [1.29, 1.82) is 0 Å². The lowest BCUT2D eigenvalue weighted by Crippen LogP contribution is -2.59. The smallest absolute Gasteiger partial charge is 0.200 e. The minimum Gasteiger partial charge on any atom is -0.493 e. The number of ether oxygens (including phenoxy) is 2. The van der Waals surface area contributed by atoms with E-state index in [0.717, 1.165) is 65.7 Å². The maximum Gasteiger partial charge on any atom is 0.200 e. The molecule has 0 unspecified atom stereocenters. The zero-order valence-corrected chi connectivity index (χ0v) is 18.5. The van der Waals surface area contributed by atoms with Crippen molar-refractivity contribution in [2.75, 3.05) is 20.2 Å². The Morgan fingerprint density at radius 2 is 1.90 bits per heavy atom. The first-order valence-corrected chi connectivity index (χ1v) is 11.1. The van der Waals surface area contributed by atoms with Crippen LogP contribution in [0.15, 0.2) is 47.6 Å². The van der Waals surface area contributed by atoms with Crippen LogP contribution in [0.5, 0.6) is 11.5 Å². The first kappa shape index (κ1) is 19.7. The molecule has 3 aliphatic heterocycles. The Balaban J connectivity index is 1.58. The second-order valence-corrected chi connectivity index (χ2v) is 9.05. The molecular formula is C24H28ClN3O2. The highest BCUT2D eigenvalue weighted by Gasteiger charge is 2.52. The molecule has 2 aromatic rings. The van der Waals surface area contributed by atoms with Crippen LogP contribution in [-0.4, -0.2) is 47.6 Å². The average Bonchev–Trinajstić information content (AvgIpc) is 3.21. The van der Waals surface area contributed by atoms with Crippen LogP contribution in [0.2, 0.25) is 5.02 Å². The number of methoxy groups -OCH3 is 1. The largest absolute Gasteiger partial charge is 0.493 e. The summed E-state index contributed by atoms with van der Waals surface area (Å²) in [5, 5.41) is 8.09. The van der Waals surface area contributed by atoms with Crippen molar-refractivity contribution in [1.82, 2.24) is 9.91 Å². The van der Waals surface area contributed by atoms with Gasteiger partial charge in [0, 0.05) is 54.5 Å². The number of piperidine rings is 1. The molecule has 0 bridgehead atoms. The van der Waals surface area contributed by atoms with E-state index in [1.165, 1.54) is 0 Å². The minimum absolute atomic E-state index is 0.126. The van der Waals surface area contributed by atoms with Gasteiger partial charge in [-0.05, 0) is 26.0 Å². The van der Waals surface area contributed by atoms with Gasteiger partial charge in [-0.3, -0.25) is 0 Å². The maximum atomic E-state index is 6.77. The molecule has 1 atom stereocenters. The maximum absolute atomic E-state index is 6.77. The Hall–Kier alpha value is -2.24. The van der Waals surface area contributed by atoms with Crippen molar-refractivity contribution >= 4 is 17.3 Å². The summed E-state index contributed by atoms with van der Waals surface area (Å²) in [6.07, 6.45) is 2.61. The van der Waals surface area contributed by atoms with Crippen LogP contribution in [0.3, 0.4) is 0 Å². The number of rotatable bonds is 3. The van der Waals surface area contributed by atoms with Gasteiger partial charge in [0.15, 0.2) is 11.5 Å². The summed E-state index contributed by atoms with van der Waals surface area (Å²) in [7, 11) is 1.71. The summed E-state index contributed by atoms with van der Waals surface area (Å²) in [5.41, 5.74) is 2.71. The van der Waals surface area contributed by atoms with E-state index < -0.39 is 5.72 Å². The van der Waals surface area contributed by atoms with E-state index in [1.807, 2.05) is 30.3 Å². The van der Waals surface area contributed by atoms with Crippen LogP contribution in [-0.2, 0) is 0 Å². The van der Waals surface area contributed by atoms with E-state index in [-0.39, 0.29) is 6.04 Å². The van der Waals surface area contributed by atoms with Gasteiger partial charge in [0.25, 0.3) is 0 Å². The van der Waals surface area contributed by atoms with E-state index in [2.05, 4.69) is 35.9 Å².